The van der Waals surface area contributed by atoms with Gasteiger partial charge in [-0.2, -0.15) is 0 Å². The molecule has 0 unspecified atom stereocenters. The van der Waals surface area contributed by atoms with Crippen molar-refractivity contribution in [1.29, 1.82) is 0 Å². The Morgan fingerprint density at radius 2 is 1.52 bits per heavy atom. The summed E-state index contributed by atoms with van der Waals surface area (Å²) in [6.45, 7) is 11.0. The van der Waals surface area contributed by atoms with Crippen molar-refractivity contribution in [3.05, 3.63) is 11.6 Å². The van der Waals surface area contributed by atoms with E-state index in [2.05, 4.69) is 62.8 Å². The summed E-state index contributed by atoms with van der Waals surface area (Å²) in [6.07, 6.45) is 7.90. The van der Waals surface area contributed by atoms with Crippen molar-refractivity contribution in [2.24, 2.45) is 17.3 Å². The van der Waals surface area contributed by atoms with Gasteiger partial charge in [0.1, 0.15) is 0 Å². The lowest BCUT2D eigenvalue weighted by molar-refractivity contribution is -0.0107. The molecule has 3 rings (SSSR count). The average Bonchev–Trinajstić information content (AvgIpc) is 2.46. The number of hydrogen-bond acceptors (Lipinski definition) is 3. The predicted octanol–water partition coefficient (Wildman–Crippen LogP) is 3.18. The summed E-state index contributed by atoms with van der Waals surface area (Å²) < 4.78 is 0. The summed E-state index contributed by atoms with van der Waals surface area (Å²) in [4.78, 5) is 7.32. The van der Waals surface area contributed by atoms with Gasteiger partial charge < -0.3 is 9.80 Å². The maximum Gasteiger partial charge on any atom is 0.0195 e. The second kappa shape index (κ2) is 8.13. The topological polar surface area (TPSA) is 9.72 Å². The molecule has 1 saturated carbocycles. The van der Waals surface area contributed by atoms with E-state index < -0.39 is 0 Å². The lowest BCUT2D eigenvalue weighted by Gasteiger charge is -2.57. The first-order valence-electron chi connectivity index (χ1n) is 9.51. The Morgan fingerprint density at radius 3 is 1.96 bits per heavy atom. The lowest BCUT2D eigenvalue weighted by Crippen LogP contribution is -2.50. The monoisotopic (exact) mass is 321 g/mol. The smallest absolute Gasteiger partial charge is 0.0195 e. The van der Waals surface area contributed by atoms with Gasteiger partial charge in [0.25, 0.3) is 0 Å². The summed E-state index contributed by atoms with van der Waals surface area (Å²) >= 11 is 0. The van der Waals surface area contributed by atoms with Gasteiger partial charge in [-0.15, -0.1) is 0 Å². The van der Waals surface area contributed by atoms with Crippen molar-refractivity contribution in [2.45, 2.75) is 39.5 Å². The standard InChI is InChI=1S/C20H39N3/c1-20(2)18-10-9-17(19(20)15-18)16-23(13-7-11-21(3)4)14-8-12-22(5)6/h9,18-19H,7-8,10-16H2,1-6H3/t18-,19-/m1/s1. The van der Waals surface area contributed by atoms with Crippen LogP contribution in [0.3, 0.4) is 0 Å². The number of hydrogen-bond donors (Lipinski definition) is 0. The van der Waals surface area contributed by atoms with Gasteiger partial charge in [-0.25, -0.2) is 0 Å². The van der Waals surface area contributed by atoms with Crippen LogP contribution in [0, 0.1) is 17.3 Å². The second-order valence-corrected chi connectivity index (χ2v) is 8.91. The van der Waals surface area contributed by atoms with Crippen LogP contribution in [-0.2, 0) is 0 Å². The third-order valence-corrected chi connectivity index (χ3v) is 6.15. The Bertz CT molecular complexity index is 384. The van der Waals surface area contributed by atoms with Gasteiger partial charge in [0.2, 0.25) is 0 Å². The zero-order chi connectivity index (χ0) is 17.0. The van der Waals surface area contributed by atoms with E-state index in [1.54, 1.807) is 5.57 Å². The highest BCUT2D eigenvalue weighted by molar-refractivity contribution is 5.24. The molecule has 23 heavy (non-hydrogen) atoms. The summed E-state index contributed by atoms with van der Waals surface area (Å²) in [5, 5.41) is 0. The minimum Gasteiger partial charge on any atom is -0.309 e. The van der Waals surface area contributed by atoms with Gasteiger partial charge in [-0.05, 0) is 97.3 Å². The van der Waals surface area contributed by atoms with E-state index in [0.29, 0.717) is 5.41 Å². The molecule has 3 aliphatic rings. The highest BCUT2D eigenvalue weighted by Crippen LogP contribution is 2.59. The van der Waals surface area contributed by atoms with Crippen LogP contribution in [0.5, 0.6) is 0 Å². The minimum absolute atomic E-state index is 0.559. The van der Waals surface area contributed by atoms with E-state index >= 15 is 0 Å². The van der Waals surface area contributed by atoms with Crippen LogP contribution in [0.2, 0.25) is 0 Å². The fraction of sp³-hybridized carbons (Fsp3) is 0.900. The molecule has 2 bridgehead atoms. The molecule has 3 heteroatoms. The summed E-state index contributed by atoms with van der Waals surface area (Å²) in [6, 6.07) is 0. The molecule has 1 fully saturated rings. The molecule has 0 aromatic rings. The van der Waals surface area contributed by atoms with Crippen LogP contribution in [0.15, 0.2) is 11.6 Å². The highest BCUT2D eigenvalue weighted by Gasteiger charge is 2.51. The molecular weight excluding hydrogens is 282 g/mol. The van der Waals surface area contributed by atoms with Crippen LogP contribution in [0.1, 0.15) is 39.5 Å². The molecule has 0 aliphatic heterocycles. The van der Waals surface area contributed by atoms with Crippen molar-refractivity contribution < 1.29 is 0 Å². The van der Waals surface area contributed by atoms with E-state index in [1.807, 2.05) is 0 Å². The molecule has 0 aromatic carbocycles. The molecule has 0 aromatic heterocycles. The first-order chi connectivity index (χ1) is 10.8. The van der Waals surface area contributed by atoms with E-state index in [1.165, 1.54) is 58.4 Å². The molecule has 134 valence electrons. The zero-order valence-electron chi connectivity index (χ0n) is 16.4. The van der Waals surface area contributed by atoms with E-state index in [9.17, 15) is 0 Å². The largest absolute Gasteiger partial charge is 0.309 e. The molecule has 2 atom stereocenters. The maximum absolute atomic E-state index is 2.72. The van der Waals surface area contributed by atoms with E-state index in [0.717, 1.165) is 11.8 Å². The van der Waals surface area contributed by atoms with Gasteiger partial charge >= 0.3 is 0 Å². The highest BCUT2D eigenvalue weighted by atomic mass is 15.1. The van der Waals surface area contributed by atoms with Crippen molar-refractivity contribution in [1.82, 2.24) is 14.7 Å². The fourth-order valence-corrected chi connectivity index (χ4v) is 4.41. The first-order valence-corrected chi connectivity index (χ1v) is 9.51. The van der Waals surface area contributed by atoms with Crippen LogP contribution in [-0.4, -0.2) is 75.6 Å². The van der Waals surface area contributed by atoms with Crippen molar-refractivity contribution in [2.75, 3.05) is 60.9 Å². The summed E-state index contributed by atoms with van der Waals surface area (Å²) in [5.41, 5.74) is 2.30. The Hall–Kier alpha value is -0.380. The Morgan fingerprint density at radius 1 is 0.957 bits per heavy atom. The number of nitrogens with zero attached hydrogens (tertiary/aromatic N) is 3. The second-order valence-electron chi connectivity index (χ2n) is 8.91. The van der Waals surface area contributed by atoms with Crippen molar-refractivity contribution >= 4 is 0 Å². The van der Waals surface area contributed by atoms with Crippen molar-refractivity contribution in [3.8, 4) is 0 Å². The van der Waals surface area contributed by atoms with E-state index in [4.69, 9.17) is 0 Å². The number of rotatable bonds is 10. The molecule has 0 saturated heterocycles. The molecule has 3 nitrogen and oxygen atoms in total. The molecule has 0 heterocycles. The number of fused-ring (bicyclic) bond motifs is 1. The summed E-state index contributed by atoms with van der Waals surface area (Å²) in [7, 11) is 8.71. The van der Waals surface area contributed by atoms with Crippen molar-refractivity contribution in [3.63, 3.8) is 0 Å². The van der Waals surface area contributed by atoms with Gasteiger partial charge in [0, 0.05) is 6.54 Å². The Balaban J connectivity index is 1.87. The van der Waals surface area contributed by atoms with Gasteiger partial charge in [0.05, 0.1) is 0 Å². The molecule has 3 aliphatic carbocycles. The van der Waals surface area contributed by atoms with Crippen LogP contribution >= 0.6 is 0 Å². The van der Waals surface area contributed by atoms with Gasteiger partial charge in [-0.3, -0.25) is 4.90 Å². The van der Waals surface area contributed by atoms with Gasteiger partial charge in [0.15, 0.2) is 0 Å². The number of allylic oxidation sites excluding steroid dienone is 1. The lowest BCUT2D eigenvalue weighted by atomic mass is 9.49. The summed E-state index contributed by atoms with van der Waals surface area (Å²) in [5.74, 6) is 1.80. The molecule has 0 spiro atoms. The van der Waals surface area contributed by atoms with E-state index in [-0.39, 0.29) is 0 Å². The Labute approximate surface area is 144 Å². The molecular formula is C20H39N3. The minimum atomic E-state index is 0.559. The average molecular weight is 322 g/mol. The van der Waals surface area contributed by atoms with Crippen LogP contribution < -0.4 is 0 Å². The fourth-order valence-electron chi connectivity index (χ4n) is 4.41. The van der Waals surface area contributed by atoms with Crippen LogP contribution in [0.4, 0.5) is 0 Å². The van der Waals surface area contributed by atoms with Gasteiger partial charge in [-0.1, -0.05) is 25.5 Å². The predicted molar refractivity (Wildman–Crippen MR) is 101 cm³/mol. The zero-order valence-corrected chi connectivity index (χ0v) is 16.4. The third kappa shape index (κ3) is 5.04. The quantitative estimate of drug-likeness (QED) is 0.572. The molecule has 0 amide bonds. The molecule has 0 radical (unpaired) electrons. The molecule has 0 N–H and O–H groups in total. The normalized spacial score (nSPS) is 25.9. The Kier molecular flexibility index (Phi) is 6.70. The third-order valence-electron chi connectivity index (χ3n) is 6.15. The van der Waals surface area contributed by atoms with Crippen LogP contribution in [0.25, 0.3) is 0 Å². The SMILES string of the molecule is CN(C)CCCN(CCCN(C)C)CC1=CC[C@@H]2C[C@H]1C2(C)C. The first kappa shape index (κ1) is 19.0. The maximum atomic E-state index is 2.72.